The Balaban J connectivity index is 1.57. The van der Waals surface area contributed by atoms with E-state index in [4.69, 9.17) is 15.2 Å². The van der Waals surface area contributed by atoms with Gasteiger partial charge in [-0.05, 0) is 25.2 Å². The maximum absolute atomic E-state index is 11.5. The predicted octanol–water partition coefficient (Wildman–Crippen LogP) is 1.96. The van der Waals surface area contributed by atoms with Gasteiger partial charge in [-0.3, -0.25) is 4.79 Å². The average molecular weight is 241 g/mol. The van der Waals surface area contributed by atoms with E-state index in [1.165, 1.54) is 19.3 Å². The van der Waals surface area contributed by atoms with Crippen molar-refractivity contribution >= 4 is 5.97 Å². The van der Waals surface area contributed by atoms with Crippen LogP contribution in [0.1, 0.15) is 51.9 Å². The first-order valence-electron chi connectivity index (χ1n) is 6.66. The van der Waals surface area contributed by atoms with Crippen LogP contribution in [0.15, 0.2) is 0 Å². The number of ether oxygens (including phenoxy) is 2. The normalized spacial score (nSPS) is 33.4. The van der Waals surface area contributed by atoms with Crippen molar-refractivity contribution in [2.75, 3.05) is 6.79 Å². The van der Waals surface area contributed by atoms with Crippen molar-refractivity contribution in [3.8, 4) is 0 Å². The van der Waals surface area contributed by atoms with E-state index in [1.54, 1.807) is 0 Å². The maximum atomic E-state index is 11.5. The SMILES string of the molecule is CC1CC1(N)CC(=O)OCOC1CCCCC1. The van der Waals surface area contributed by atoms with Gasteiger partial charge in [0.05, 0.1) is 12.5 Å². The smallest absolute Gasteiger partial charge is 0.309 e. The van der Waals surface area contributed by atoms with Crippen molar-refractivity contribution in [1.29, 1.82) is 0 Å². The summed E-state index contributed by atoms with van der Waals surface area (Å²) < 4.78 is 10.6. The lowest BCUT2D eigenvalue weighted by molar-refractivity contribution is -0.162. The number of hydrogen-bond donors (Lipinski definition) is 1. The van der Waals surface area contributed by atoms with Crippen molar-refractivity contribution < 1.29 is 14.3 Å². The Labute approximate surface area is 103 Å². The number of nitrogens with two attached hydrogens (primary N) is 1. The molecule has 2 rings (SSSR count). The first-order valence-corrected chi connectivity index (χ1v) is 6.66. The van der Waals surface area contributed by atoms with Gasteiger partial charge in [-0.25, -0.2) is 0 Å². The van der Waals surface area contributed by atoms with Gasteiger partial charge in [0, 0.05) is 5.54 Å². The van der Waals surface area contributed by atoms with E-state index in [0.717, 1.165) is 19.3 Å². The van der Waals surface area contributed by atoms with Gasteiger partial charge in [0.2, 0.25) is 0 Å². The molecule has 0 saturated heterocycles. The minimum Gasteiger partial charge on any atom is -0.438 e. The molecule has 0 spiro atoms. The highest BCUT2D eigenvalue weighted by Crippen LogP contribution is 2.43. The van der Waals surface area contributed by atoms with Crippen molar-refractivity contribution in [1.82, 2.24) is 0 Å². The molecular weight excluding hydrogens is 218 g/mol. The lowest BCUT2D eigenvalue weighted by Gasteiger charge is -2.21. The van der Waals surface area contributed by atoms with Gasteiger partial charge in [0.1, 0.15) is 0 Å². The Hall–Kier alpha value is -0.610. The Morgan fingerprint density at radius 1 is 1.35 bits per heavy atom. The van der Waals surface area contributed by atoms with Crippen molar-refractivity contribution in [2.45, 2.75) is 63.5 Å². The summed E-state index contributed by atoms with van der Waals surface area (Å²) in [7, 11) is 0. The van der Waals surface area contributed by atoms with E-state index in [0.29, 0.717) is 12.3 Å². The molecular formula is C13H23NO3. The van der Waals surface area contributed by atoms with Crippen LogP contribution in [-0.2, 0) is 14.3 Å². The summed E-state index contributed by atoms with van der Waals surface area (Å²) in [5.41, 5.74) is 5.66. The molecule has 0 aromatic rings. The molecule has 2 atom stereocenters. The van der Waals surface area contributed by atoms with Crippen LogP contribution in [0.2, 0.25) is 0 Å². The van der Waals surface area contributed by atoms with Crippen LogP contribution >= 0.6 is 0 Å². The molecule has 0 amide bonds. The van der Waals surface area contributed by atoms with Crippen LogP contribution in [0.5, 0.6) is 0 Å². The Morgan fingerprint density at radius 2 is 2.00 bits per heavy atom. The zero-order valence-corrected chi connectivity index (χ0v) is 10.6. The highest BCUT2D eigenvalue weighted by molar-refractivity contribution is 5.71. The third-order valence-corrected chi connectivity index (χ3v) is 4.06. The van der Waals surface area contributed by atoms with Gasteiger partial charge < -0.3 is 15.2 Å². The summed E-state index contributed by atoms with van der Waals surface area (Å²) in [6.07, 6.45) is 7.46. The van der Waals surface area contributed by atoms with Crippen LogP contribution in [0.4, 0.5) is 0 Å². The number of carbonyl (C=O) groups is 1. The number of carbonyl (C=O) groups excluding carboxylic acids is 1. The van der Waals surface area contributed by atoms with Gasteiger partial charge >= 0.3 is 5.97 Å². The van der Waals surface area contributed by atoms with Crippen molar-refractivity contribution in [2.24, 2.45) is 11.7 Å². The number of hydrogen-bond acceptors (Lipinski definition) is 4. The number of esters is 1. The highest BCUT2D eigenvalue weighted by atomic mass is 16.7. The monoisotopic (exact) mass is 241 g/mol. The molecule has 2 N–H and O–H groups in total. The van der Waals surface area contributed by atoms with E-state index in [-0.39, 0.29) is 24.4 Å². The van der Waals surface area contributed by atoms with E-state index in [2.05, 4.69) is 6.92 Å². The van der Waals surface area contributed by atoms with Crippen LogP contribution in [0, 0.1) is 5.92 Å². The van der Waals surface area contributed by atoms with Crippen LogP contribution < -0.4 is 5.73 Å². The fraction of sp³-hybridized carbons (Fsp3) is 0.923. The summed E-state index contributed by atoms with van der Waals surface area (Å²) >= 11 is 0. The molecule has 0 aromatic heterocycles. The van der Waals surface area contributed by atoms with Crippen molar-refractivity contribution in [3.05, 3.63) is 0 Å². The molecule has 0 heterocycles. The molecule has 2 aliphatic carbocycles. The maximum Gasteiger partial charge on any atom is 0.309 e. The molecule has 2 saturated carbocycles. The molecule has 0 aromatic carbocycles. The molecule has 2 fully saturated rings. The third-order valence-electron chi connectivity index (χ3n) is 4.06. The predicted molar refractivity (Wildman–Crippen MR) is 64.2 cm³/mol. The summed E-state index contributed by atoms with van der Waals surface area (Å²) in [5, 5.41) is 0. The van der Waals surface area contributed by atoms with Gasteiger partial charge in [0.15, 0.2) is 6.79 Å². The number of rotatable bonds is 5. The van der Waals surface area contributed by atoms with E-state index in [1.807, 2.05) is 0 Å². The van der Waals surface area contributed by atoms with Crippen LogP contribution in [-0.4, -0.2) is 24.4 Å². The minimum absolute atomic E-state index is 0.0912. The summed E-state index contributed by atoms with van der Waals surface area (Å²) in [6, 6.07) is 0. The zero-order valence-electron chi connectivity index (χ0n) is 10.6. The van der Waals surface area contributed by atoms with Gasteiger partial charge in [-0.2, -0.15) is 0 Å². The topological polar surface area (TPSA) is 61.6 Å². The van der Waals surface area contributed by atoms with Gasteiger partial charge in [0.25, 0.3) is 0 Å². The average Bonchev–Trinajstić information content (AvgIpc) is 2.87. The van der Waals surface area contributed by atoms with Crippen LogP contribution in [0.25, 0.3) is 0 Å². The third kappa shape index (κ3) is 3.68. The van der Waals surface area contributed by atoms with E-state index in [9.17, 15) is 4.79 Å². The quantitative estimate of drug-likeness (QED) is 0.590. The van der Waals surface area contributed by atoms with Crippen molar-refractivity contribution in [3.63, 3.8) is 0 Å². The Kier molecular flexibility index (Phi) is 4.05. The fourth-order valence-electron chi connectivity index (χ4n) is 2.51. The molecule has 0 radical (unpaired) electrons. The first kappa shape index (κ1) is 12.8. The molecule has 4 heteroatoms. The molecule has 0 aliphatic heterocycles. The second-order valence-electron chi connectivity index (χ2n) is 5.58. The second-order valence-corrected chi connectivity index (χ2v) is 5.58. The molecule has 4 nitrogen and oxygen atoms in total. The minimum atomic E-state index is -0.304. The van der Waals surface area contributed by atoms with E-state index < -0.39 is 0 Å². The molecule has 2 unspecified atom stereocenters. The molecule has 98 valence electrons. The fourth-order valence-corrected chi connectivity index (χ4v) is 2.51. The highest BCUT2D eigenvalue weighted by Gasteiger charge is 2.49. The standard InChI is InChI=1S/C13H23NO3/c1-10-7-13(10,14)8-12(15)17-9-16-11-5-3-2-4-6-11/h10-11H,2-9,14H2,1H3. The van der Waals surface area contributed by atoms with Gasteiger partial charge in [-0.1, -0.05) is 26.2 Å². The molecule has 0 bridgehead atoms. The molecule has 2 aliphatic rings. The first-order chi connectivity index (χ1) is 8.10. The van der Waals surface area contributed by atoms with E-state index >= 15 is 0 Å². The summed E-state index contributed by atoms with van der Waals surface area (Å²) in [4.78, 5) is 11.5. The lowest BCUT2D eigenvalue weighted by atomic mass is 9.98. The molecule has 17 heavy (non-hydrogen) atoms. The zero-order chi connectivity index (χ0) is 12.3. The summed E-state index contributed by atoms with van der Waals surface area (Å²) in [5.74, 6) is 0.210. The Bertz CT molecular complexity index is 276. The second kappa shape index (κ2) is 5.36. The van der Waals surface area contributed by atoms with Crippen LogP contribution in [0.3, 0.4) is 0 Å². The Morgan fingerprint density at radius 3 is 2.59 bits per heavy atom. The van der Waals surface area contributed by atoms with Gasteiger partial charge in [-0.15, -0.1) is 0 Å². The summed E-state index contributed by atoms with van der Waals surface area (Å²) in [6.45, 7) is 2.15. The lowest BCUT2D eigenvalue weighted by Crippen LogP contribution is -2.29. The largest absolute Gasteiger partial charge is 0.438 e.